The average molecular weight is 324 g/mol. The summed E-state index contributed by atoms with van der Waals surface area (Å²) in [5.74, 6) is 0.565. The van der Waals surface area contributed by atoms with Gasteiger partial charge in [-0.2, -0.15) is 11.3 Å². The average Bonchev–Trinajstić information content (AvgIpc) is 3.21. The molecule has 22 heavy (non-hydrogen) atoms. The third-order valence-corrected chi connectivity index (χ3v) is 5.12. The van der Waals surface area contributed by atoms with Crippen molar-refractivity contribution in [2.24, 2.45) is 5.92 Å². The molecule has 2 rings (SSSR count). The minimum absolute atomic E-state index is 0.0357. The van der Waals surface area contributed by atoms with E-state index in [0.717, 1.165) is 38.8 Å². The highest BCUT2D eigenvalue weighted by atomic mass is 32.1. The molecule has 1 atom stereocenters. The number of carbonyl (C=O) groups is 1. The smallest absolute Gasteiger partial charge is 0.317 e. The SMILES string of the molecule is CCC(CC)CNC(=O)N(Cc1ccsc1)CC1CCCO1. The van der Waals surface area contributed by atoms with Gasteiger partial charge in [0.15, 0.2) is 0 Å². The summed E-state index contributed by atoms with van der Waals surface area (Å²) in [6.45, 7) is 7.29. The molecule has 1 fully saturated rings. The van der Waals surface area contributed by atoms with Crippen molar-refractivity contribution in [3.05, 3.63) is 22.4 Å². The molecule has 0 aliphatic carbocycles. The fourth-order valence-corrected chi connectivity index (χ4v) is 3.44. The molecule has 2 amide bonds. The van der Waals surface area contributed by atoms with Crippen molar-refractivity contribution in [2.75, 3.05) is 19.7 Å². The number of nitrogens with zero attached hydrogens (tertiary/aromatic N) is 1. The van der Waals surface area contributed by atoms with Gasteiger partial charge in [0.2, 0.25) is 0 Å². The molecule has 2 heterocycles. The molecule has 0 radical (unpaired) electrons. The van der Waals surface area contributed by atoms with Crippen LogP contribution < -0.4 is 5.32 Å². The number of hydrogen-bond acceptors (Lipinski definition) is 3. The third kappa shape index (κ3) is 5.29. The number of ether oxygens (including phenoxy) is 1. The van der Waals surface area contributed by atoms with Crippen LogP contribution in [0.4, 0.5) is 4.79 Å². The van der Waals surface area contributed by atoms with Crippen LogP contribution in [-0.4, -0.2) is 36.7 Å². The van der Waals surface area contributed by atoms with Crippen molar-refractivity contribution in [1.82, 2.24) is 10.2 Å². The fourth-order valence-electron chi connectivity index (χ4n) is 2.78. The van der Waals surface area contributed by atoms with Crippen LogP contribution in [-0.2, 0) is 11.3 Å². The Kier molecular flexibility index (Phi) is 7.19. The minimum atomic E-state index is 0.0357. The summed E-state index contributed by atoms with van der Waals surface area (Å²) in [5, 5.41) is 7.27. The molecule has 1 aromatic rings. The summed E-state index contributed by atoms with van der Waals surface area (Å²) in [5.41, 5.74) is 1.20. The maximum atomic E-state index is 12.6. The standard InChI is InChI=1S/C17H28N2O2S/c1-3-14(4-2)10-18-17(20)19(11-15-7-9-22-13-15)12-16-6-5-8-21-16/h7,9,13-14,16H,3-6,8,10-12H2,1-2H3,(H,18,20). The van der Waals surface area contributed by atoms with Gasteiger partial charge in [0, 0.05) is 26.2 Å². The van der Waals surface area contributed by atoms with Gasteiger partial charge in [-0.25, -0.2) is 4.79 Å². The Hall–Kier alpha value is -1.07. The van der Waals surface area contributed by atoms with Crippen molar-refractivity contribution in [1.29, 1.82) is 0 Å². The summed E-state index contributed by atoms with van der Waals surface area (Å²) in [6, 6.07) is 2.12. The highest BCUT2D eigenvalue weighted by Crippen LogP contribution is 2.16. The number of carbonyl (C=O) groups excluding carboxylic acids is 1. The molecule has 0 bridgehead atoms. The van der Waals surface area contributed by atoms with Crippen LogP contribution in [0, 0.1) is 5.92 Å². The fraction of sp³-hybridized carbons (Fsp3) is 0.706. The number of amides is 2. The Morgan fingerprint density at radius 3 is 2.91 bits per heavy atom. The topological polar surface area (TPSA) is 41.6 Å². The Morgan fingerprint density at radius 1 is 1.50 bits per heavy atom. The third-order valence-electron chi connectivity index (χ3n) is 4.39. The number of hydrogen-bond donors (Lipinski definition) is 1. The van der Waals surface area contributed by atoms with E-state index in [2.05, 4.69) is 36.0 Å². The lowest BCUT2D eigenvalue weighted by Gasteiger charge is -2.26. The van der Waals surface area contributed by atoms with Crippen molar-refractivity contribution in [3.8, 4) is 0 Å². The molecule has 1 aliphatic rings. The first-order valence-corrected chi connectivity index (χ1v) is 9.32. The van der Waals surface area contributed by atoms with Gasteiger partial charge in [0.25, 0.3) is 0 Å². The molecule has 1 aliphatic heterocycles. The van der Waals surface area contributed by atoms with Gasteiger partial charge in [-0.05, 0) is 41.1 Å². The zero-order valence-electron chi connectivity index (χ0n) is 13.7. The largest absolute Gasteiger partial charge is 0.376 e. The predicted octanol–water partition coefficient (Wildman–Crippen LogP) is 3.87. The summed E-state index contributed by atoms with van der Waals surface area (Å²) >= 11 is 1.67. The van der Waals surface area contributed by atoms with E-state index < -0.39 is 0 Å². The van der Waals surface area contributed by atoms with E-state index in [9.17, 15) is 4.79 Å². The van der Waals surface area contributed by atoms with Crippen LogP contribution in [0.5, 0.6) is 0 Å². The molecule has 0 aromatic carbocycles. The van der Waals surface area contributed by atoms with E-state index in [-0.39, 0.29) is 12.1 Å². The van der Waals surface area contributed by atoms with Gasteiger partial charge in [-0.15, -0.1) is 0 Å². The van der Waals surface area contributed by atoms with E-state index in [4.69, 9.17) is 4.74 Å². The molecule has 0 saturated carbocycles. The normalized spacial score (nSPS) is 17.9. The molecule has 4 nitrogen and oxygen atoms in total. The molecule has 1 saturated heterocycles. The second-order valence-electron chi connectivity index (χ2n) is 6.02. The van der Waals surface area contributed by atoms with Gasteiger partial charge in [-0.3, -0.25) is 0 Å². The van der Waals surface area contributed by atoms with Crippen LogP contribution >= 0.6 is 11.3 Å². The Morgan fingerprint density at radius 2 is 2.32 bits per heavy atom. The first kappa shape index (κ1) is 17.3. The van der Waals surface area contributed by atoms with Gasteiger partial charge >= 0.3 is 6.03 Å². The zero-order valence-corrected chi connectivity index (χ0v) is 14.5. The first-order chi connectivity index (χ1) is 10.7. The second-order valence-corrected chi connectivity index (χ2v) is 6.80. The minimum Gasteiger partial charge on any atom is -0.376 e. The van der Waals surface area contributed by atoms with Crippen LogP contribution in [0.1, 0.15) is 45.1 Å². The number of nitrogens with one attached hydrogen (secondary N) is 1. The Bertz CT molecular complexity index is 426. The molecule has 1 aromatic heterocycles. The van der Waals surface area contributed by atoms with Gasteiger partial charge in [0.1, 0.15) is 0 Å². The van der Waals surface area contributed by atoms with Crippen LogP contribution in [0.2, 0.25) is 0 Å². The van der Waals surface area contributed by atoms with Crippen LogP contribution in [0.25, 0.3) is 0 Å². The van der Waals surface area contributed by atoms with E-state index in [1.807, 2.05) is 4.90 Å². The predicted molar refractivity (Wildman–Crippen MR) is 91.2 cm³/mol. The molecule has 5 heteroatoms. The lowest BCUT2D eigenvalue weighted by Crippen LogP contribution is -2.44. The Balaban J connectivity index is 1.91. The maximum Gasteiger partial charge on any atom is 0.317 e. The Labute approximate surface area is 137 Å². The van der Waals surface area contributed by atoms with E-state index in [0.29, 0.717) is 19.0 Å². The van der Waals surface area contributed by atoms with Crippen molar-refractivity contribution >= 4 is 17.4 Å². The van der Waals surface area contributed by atoms with E-state index in [1.165, 1.54) is 5.56 Å². The van der Waals surface area contributed by atoms with Gasteiger partial charge in [-0.1, -0.05) is 26.7 Å². The van der Waals surface area contributed by atoms with Crippen LogP contribution in [0.15, 0.2) is 16.8 Å². The lowest BCUT2D eigenvalue weighted by molar-refractivity contribution is 0.0793. The molecule has 1 unspecified atom stereocenters. The zero-order chi connectivity index (χ0) is 15.8. The summed E-state index contributed by atoms with van der Waals surface area (Å²) in [4.78, 5) is 14.5. The quantitative estimate of drug-likeness (QED) is 0.788. The number of thiophene rings is 1. The monoisotopic (exact) mass is 324 g/mol. The van der Waals surface area contributed by atoms with E-state index in [1.54, 1.807) is 11.3 Å². The number of rotatable bonds is 8. The van der Waals surface area contributed by atoms with E-state index >= 15 is 0 Å². The van der Waals surface area contributed by atoms with Crippen molar-refractivity contribution in [2.45, 2.75) is 52.2 Å². The van der Waals surface area contributed by atoms with Gasteiger partial charge in [0.05, 0.1) is 6.10 Å². The lowest BCUT2D eigenvalue weighted by atomic mass is 10.0. The molecule has 0 spiro atoms. The molecular formula is C17H28N2O2S. The molecule has 124 valence electrons. The van der Waals surface area contributed by atoms with Crippen molar-refractivity contribution < 1.29 is 9.53 Å². The van der Waals surface area contributed by atoms with Gasteiger partial charge < -0.3 is 15.0 Å². The first-order valence-electron chi connectivity index (χ1n) is 8.38. The van der Waals surface area contributed by atoms with Crippen LogP contribution in [0.3, 0.4) is 0 Å². The second kappa shape index (κ2) is 9.16. The summed E-state index contributed by atoms with van der Waals surface area (Å²) in [7, 11) is 0. The summed E-state index contributed by atoms with van der Waals surface area (Å²) in [6.07, 6.45) is 4.56. The molecule has 1 N–H and O–H groups in total. The highest BCUT2D eigenvalue weighted by molar-refractivity contribution is 7.07. The molecular weight excluding hydrogens is 296 g/mol. The van der Waals surface area contributed by atoms with Crippen molar-refractivity contribution in [3.63, 3.8) is 0 Å². The highest BCUT2D eigenvalue weighted by Gasteiger charge is 2.23. The summed E-state index contributed by atoms with van der Waals surface area (Å²) < 4.78 is 5.70. The number of urea groups is 1. The maximum absolute atomic E-state index is 12.6.